The lowest BCUT2D eigenvalue weighted by molar-refractivity contribution is -0.118. The second-order valence-electron chi connectivity index (χ2n) is 8.46. The van der Waals surface area contributed by atoms with Crippen molar-refractivity contribution in [1.29, 1.82) is 0 Å². The van der Waals surface area contributed by atoms with Crippen LogP contribution in [0.4, 0.5) is 5.69 Å². The Bertz CT molecular complexity index is 1000. The van der Waals surface area contributed by atoms with Crippen LogP contribution < -0.4 is 19.5 Å². The van der Waals surface area contributed by atoms with Gasteiger partial charge in [-0.05, 0) is 41.2 Å². The Morgan fingerprint density at radius 3 is 2.50 bits per heavy atom. The summed E-state index contributed by atoms with van der Waals surface area (Å²) in [6, 6.07) is 12.0. The van der Waals surface area contributed by atoms with Crippen LogP contribution in [0.1, 0.15) is 43.7 Å². The minimum atomic E-state index is -0.129. The van der Waals surface area contributed by atoms with Crippen molar-refractivity contribution >= 4 is 11.5 Å². The first kappa shape index (κ1) is 17.2. The average molecular weight is 377 g/mol. The van der Waals surface area contributed by atoms with Gasteiger partial charge in [-0.3, -0.25) is 4.79 Å². The number of allylic oxidation sites excluding steroid dienone is 2. The maximum atomic E-state index is 13.2. The summed E-state index contributed by atoms with van der Waals surface area (Å²) in [5.74, 6) is 2.35. The lowest BCUT2D eigenvalue weighted by Crippen LogP contribution is -2.33. The summed E-state index contributed by atoms with van der Waals surface area (Å²) in [7, 11) is 1.66. The number of carbonyl (C=O) groups excluding carboxylic acids is 1. The molecule has 0 saturated carbocycles. The zero-order valence-corrected chi connectivity index (χ0v) is 16.3. The lowest BCUT2D eigenvalue weighted by Gasteiger charge is -2.39. The van der Waals surface area contributed by atoms with Gasteiger partial charge in [0.15, 0.2) is 17.3 Å². The van der Waals surface area contributed by atoms with Crippen LogP contribution >= 0.6 is 0 Å². The minimum Gasteiger partial charge on any atom is -0.497 e. The van der Waals surface area contributed by atoms with Gasteiger partial charge in [0.25, 0.3) is 0 Å². The zero-order valence-electron chi connectivity index (χ0n) is 16.3. The lowest BCUT2D eigenvalue weighted by atomic mass is 9.68. The summed E-state index contributed by atoms with van der Waals surface area (Å²) < 4.78 is 16.5. The number of methoxy groups -OCH3 is 1. The van der Waals surface area contributed by atoms with Gasteiger partial charge in [0.2, 0.25) is 6.79 Å². The summed E-state index contributed by atoms with van der Waals surface area (Å²) in [5.41, 5.74) is 4.93. The zero-order chi connectivity index (χ0) is 19.5. The average Bonchev–Trinajstić information content (AvgIpc) is 3.11. The molecule has 1 aliphatic carbocycles. The Balaban J connectivity index is 1.70. The third-order valence-electron chi connectivity index (χ3n) is 5.80. The van der Waals surface area contributed by atoms with Crippen LogP contribution in [0.3, 0.4) is 0 Å². The van der Waals surface area contributed by atoms with Gasteiger partial charge < -0.3 is 19.5 Å². The second-order valence-corrected chi connectivity index (χ2v) is 8.46. The van der Waals surface area contributed by atoms with E-state index in [1.165, 1.54) is 0 Å². The molecule has 0 unspecified atom stereocenters. The molecule has 5 heteroatoms. The molecule has 2 heterocycles. The molecule has 5 rings (SSSR count). The van der Waals surface area contributed by atoms with Gasteiger partial charge in [0.05, 0.1) is 7.11 Å². The first-order valence-corrected chi connectivity index (χ1v) is 9.56. The first-order valence-electron chi connectivity index (χ1n) is 9.56. The molecular weight excluding hydrogens is 354 g/mol. The van der Waals surface area contributed by atoms with Crippen molar-refractivity contribution in [2.24, 2.45) is 5.41 Å². The summed E-state index contributed by atoms with van der Waals surface area (Å²) in [4.78, 5) is 13.2. The van der Waals surface area contributed by atoms with Gasteiger partial charge in [-0.2, -0.15) is 0 Å². The van der Waals surface area contributed by atoms with Gasteiger partial charge in [0.1, 0.15) is 5.75 Å². The molecule has 0 saturated heterocycles. The van der Waals surface area contributed by atoms with Gasteiger partial charge >= 0.3 is 0 Å². The predicted molar refractivity (Wildman–Crippen MR) is 106 cm³/mol. The Kier molecular flexibility index (Phi) is 3.69. The SMILES string of the molecule is COc1ccc([C@@H]2C3=C(CC(C)(C)CC3=O)Nc3cc4c(cc32)OCO4)cc1. The number of ether oxygens (including phenoxy) is 3. The van der Waals surface area contributed by atoms with Crippen molar-refractivity contribution in [3.8, 4) is 17.2 Å². The summed E-state index contributed by atoms with van der Waals surface area (Å²) in [6.07, 6.45) is 1.40. The molecular formula is C23H23NO4. The van der Waals surface area contributed by atoms with E-state index in [2.05, 4.69) is 19.2 Å². The number of hydrogen-bond donors (Lipinski definition) is 1. The second kappa shape index (κ2) is 6.03. The van der Waals surface area contributed by atoms with Crippen LogP contribution in [-0.2, 0) is 4.79 Å². The molecule has 0 bridgehead atoms. The van der Waals surface area contributed by atoms with E-state index in [-0.39, 0.29) is 23.9 Å². The molecule has 0 aromatic heterocycles. The molecule has 144 valence electrons. The van der Waals surface area contributed by atoms with Crippen molar-refractivity contribution in [3.05, 3.63) is 58.8 Å². The van der Waals surface area contributed by atoms with E-state index in [0.717, 1.165) is 51.8 Å². The topological polar surface area (TPSA) is 56.8 Å². The highest BCUT2D eigenvalue weighted by molar-refractivity contribution is 6.01. The Hall–Kier alpha value is -2.95. The highest BCUT2D eigenvalue weighted by atomic mass is 16.7. The maximum absolute atomic E-state index is 13.2. The van der Waals surface area contributed by atoms with Crippen LogP contribution in [-0.4, -0.2) is 19.7 Å². The largest absolute Gasteiger partial charge is 0.497 e. The standard InChI is InChI=1S/C23H23NO4/c1-23(2)10-17-22(18(25)11-23)21(13-4-6-14(26-3)7-5-13)15-8-19-20(28-12-27-19)9-16(15)24-17/h4-9,21,24H,10-12H2,1-3H3/t21-/m0/s1. The Morgan fingerprint density at radius 1 is 1.07 bits per heavy atom. The summed E-state index contributed by atoms with van der Waals surface area (Å²) >= 11 is 0. The molecule has 0 radical (unpaired) electrons. The van der Waals surface area contributed by atoms with Crippen LogP contribution in [0.5, 0.6) is 17.2 Å². The van der Waals surface area contributed by atoms with Crippen molar-refractivity contribution in [2.45, 2.75) is 32.6 Å². The monoisotopic (exact) mass is 377 g/mol. The van der Waals surface area contributed by atoms with E-state index in [9.17, 15) is 4.79 Å². The third kappa shape index (κ3) is 2.65. The number of rotatable bonds is 2. The van der Waals surface area contributed by atoms with Crippen LogP contribution in [0, 0.1) is 5.41 Å². The highest BCUT2D eigenvalue weighted by Crippen LogP contribution is 2.51. The first-order chi connectivity index (χ1) is 13.4. The van der Waals surface area contributed by atoms with Crippen LogP contribution in [0.2, 0.25) is 0 Å². The summed E-state index contributed by atoms with van der Waals surface area (Å²) in [6.45, 7) is 4.52. The quantitative estimate of drug-likeness (QED) is 0.827. The van der Waals surface area contributed by atoms with Crippen molar-refractivity contribution in [1.82, 2.24) is 0 Å². The van der Waals surface area contributed by atoms with E-state index in [1.54, 1.807) is 7.11 Å². The minimum absolute atomic E-state index is 0.0543. The molecule has 5 nitrogen and oxygen atoms in total. The molecule has 2 aromatic carbocycles. The maximum Gasteiger partial charge on any atom is 0.231 e. The number of nitrogens with one attached hydrogen (secondary N) is 1. The fraction of sp³-hybridized carbons (Fsp3) is 0.348. The number of fused-ring (bicyclic) bond motifs is 2. The number of benzene rings is 2. The Labute approximate surface area is 164 Å². The molecule has 2 aliphatic heterocycles. The summed E-state index contributed by atoms with van der Waals surface area (Å²) in [5, 5.41) is 3.54. The van der Waals surface area contributed by atoms with Crippen LogP contribution in [0.25, 0.3) is 0 Å². The number of anilines is 1. The van der Waals surface area contributed by atoms with Gasteiger partial charge in [-0.15, -0.1) is 0 Å². The van der Waals surface area contributed by atoms with Crippen molar-refractivity contribution < 1.29 is 19.0 Å². The predicted octanol–water partition coefficient (Wildman–Crippen LogP) is 4.62. The molecule has 2 aromatic rings. The fourth-order valence-corrected chi connectivity index (χ4v) is 4.55. The van der Waals surface area contributed by atoms with E-state index < -0.39 is 0 Å². The number of Topliss-reactive ketones (excluding diaryl/α,β-unsaturated/α-hetero) is 1. The van der Waals surface area contributed by atoms with Crippen molar-refractivity contribution in [3.63, 3.8) is 0 Å². The van der Waals surface area contributed by atoms with Gasteiger partial charge in [0, 0.05) is 35.4 Å². The smallest absolute Gasteiger partial charge is 0.231 e. The molecule has 0 spiro atoms. The van der Waals surface area contributed by atoms with Gasteiger partial charge in [-0.1, -0.05) is 26.0 Å². The van der Waals surface area contributed by atoms with Gasteiger partial charge in [-0.25, -0.2) is 0 Å². The van der Waals surface area contributed by atoms with Crippen LogP contribution in [0.15, 0.2) is 47.7 Å². The normalized spacial score (nSPS) is 21.7. The number of ketones is 1. The van der Waals surface area contributed by atoms with E-state index in [4.69, 9.17) is 14.2 Å². The fourth-order valence-electron chi connectivity index (χ4n) is 4.55. The number of carbonyl (C=O) groups is 1. The van der Waals surface area contributed by atoms with Crippen molar-refractivity contribution in [2.75, 3.05) is 19.2 Å². The molecule has 3 aliphatic rings. The third-order valence-corrected chi connectivity index (χ3v) is 5.80. The van der Waals surface area contributed by atoms with E-state index >= 15 is 0 Å². The molecule has 28 heavy (non-hydrogen) atoms. The Morgan fingerprint density at radius 2 is 1.79 bits per heavy atom. The highest BCUT2D eigenvalue weighted by Gasteiger charge is 2.41. The molecule has 1 atom stereocenters. The van der Waals surface area contributed by atoms with E-state index in [0.29, 0.717) is 6.42 Å². The molecule has 1 N–H and O–H groups in total. The van der Waals surface area contributed by atoms with E-state index in [1.807, 2.05) is 36.4 Å². The number of hydrogen-bond acceptors (Lipinski definition) is 5. The molecule has 0 fully saturated rings. The molecule has 0 amide bonds.